The van der Waals surface area contributed by atoms with Crippen molar-refractivity contribution in [3.63, 3.8) is 0 Å². The molecule has 1 aliphatic heterocycles. The number of halogens is 2. The number of carbonyl (C=O) groups is 1. The Balaban J connectivity index is 0.00000169. The van der Waals surface area contributed by atoms with Crippen LogP contribution in [0.15, 0.2) is 48.5 Å². The molecule has 2 aromatic carbocycles. The van der Waals surface area contributed by atoms with Gasteiger partial charge in [0.2, 0.25) is 0 Å². The molecule has 1 fully saturated rings. The Morgan fingerprint density at radius 1 is 1.04 bits per heavy atom. The van der Waals surface area contributed by atoms with Crippen LogP contribution < -0.4 is 11.1 Å². The first kappa shape index (κ1) is 22.4. The standard InChI is InChI=1S/C19H23N3O2.2ClH/c20-13-15-5-7-16(8-6-15)19(23)21-18-4-2-1-3-17(18)14-22-9-11-24-12-10-22;;/h1-8H,9-14,20H2,(H,21,23);2*1H. The summed E-state index contributed by atoms with van der Waals surface area (Å²) in [6.07, 6.45) is 0. The van der Waals surface area contributed by atoms with Gasteiger partial charge < -0.3 is 15.8 Å². The number of nitrogens with zero attached hydrogens (tertiary/aromatic N) is 1. The molecular formula is C19H25Cl2N3O2. The van der Waals surface area contributed by atoms with Gasteiger partial charge in [0.25, 0.3) is 5.91 Å². The molecule has 1 heterocycles. The van der Waals surface area contributed by atoms with E-state index in [0.717, 1.165) is 49.7 Å². The highest BCUT2D eigenvalue weighted by Gasteiger charge is 2.14. The Morgan fingerprint density at radius 2 is 1.69 bits per heavy atom. The van der Waals surface area contributed by atoms with Gasteiger partial charge in [0.1, 0.15) is 0 Å². The van der Waals surface area contributed by atoms with Crippen LogP contribution in [0.1, 0.15) is 21.5 Å². The quantitative estimate of drug-likeness (QED) is 0.813. The van der Waals surface area contributed by atoms with Crippen LogP contribution in [0.25, 0.3) is 0 Å². The minimum Gasteiger partial charge on any atom is -0.379 e. The predicted molar refractivity (Wildman–Crippen MR) is 109 cm³/mol. The maximum Gasteiger partial charge on any atom is 0.255 e. The Hall–Kier alpha value is -1.63. The highest BCUT2D eigenvalue weighted by molar-refractivity contribution is 6.04. The van der Waals surface area contributed by atoms with E-state index in [0.29, 0.717) is 12.1 Å². The van der Waals surface area contributed by atoms with Crippen LogP contribution in [0, 0.1) is 0 Å². The number of hydrogen-bond acceptors (Lipinski definition) is 4. The van der Waals surface area contributed by atoms with Crippen molar-refractivity contribution in [1.29, 1.82) is 0 Å². The number of para-hydroxylation sites is 1. The van der Waals surface area contributed by atoms with Crippen LogP contribution in [-0.4, -0.2) is 37.1 Å². The summed E-state index contributed by atoms with van der Waals surface area (Å²) in [5.74, 6) is -0.104. The lowest BCUT2D eigenvalue weighted by Gasteiger charge is -2.27. The molecule has 0 aliphatic carbocycles. The van der Waals surface area contributed by atoms with E-state index in [2.05, 4.69) is 16.3 Å². The number of rotatable bonds is 5. The maximum absolute atomic E-state index is 12.5. The van der Waals surface area contributed by atoms with Gasteiger partial charge in [-0.1, -0.05) is 30.3 Å². The molecule has 5 nitrogen and oxygen atoms in total. The van der Waals surface area contributed by atoms with Gasteiger partial charge in [-0.3, -0.25) is 9.69 Å². The first-order valence-corrected chi connectivity index (χ1v) is 8.24. The van der Waals surface area contributed by atoms with E-state index in [-0.39, 0.29) is 30.7 Å². The smallest absolute Gasteiger partial charge is 0.255 e. The van der Waals surface area contributed by atoms with Gasteiger partial charge >= 0.3 is 0 Å². The van der Waals surface area contributed by atoms with Crippen LogP contribution >= 0.6 is 24.8 Å². The predicted octanol–water partition coefficient (Wildman–Crippen LogP) is 3.07. The second kappa shape index (κ2) is 11.2. The number of nitrogens with two attached hydrogens (primary N) is 1. The van der Waals surface area contributed by atoms with Crippen molar-refractivity contribution >= 4 is 36.4 Å². The van der Waals surface area contributed by atoms with Crippen molar-refractivity contribution in [3.8, 4) is 0 Å². The molecule has 26 heavy (non-hydrogen) atoms. The third-order valence-corrected chi connectivity index (χ3v) is 4.22. The third kappa shape index (κ3) is 5.97. The molecule has 0 radical (unpaired) electrons. The summed E-state index contributed by atoms with van der Waals surface area (Å²) in [5.41, 5.74) is 9.22. The fraction of sp³-hybridized carbons (Fsp3) is 0.316. The molecule has 0 atom stereocenters. The second-order valence-electron chi connectivity index (χ2n) is 5.90. The lowest BCUT2D eigenvalue weighted by Crippen LogP contribution is -2.35. The van der Waals surface area contributed by atoms with Crippen molar-refractivity contribution in [2.75, 3.05) is 31.6 Å². The minimum absolute atomic E-state index is 0. The number of amides is 1. The van der Waals surface area contributed by atoms with E-state index in [1.165, 1.54) is 0 Å². The van der Waals surface area contributed by atoms with Gasteiger partial charge in [-0.15, -0.1) is 24.8 Å². The van der Waals surface area contributed by atoms with E-state index < -0.39 is 0 Å². The molecule has 3 rings (SSSR count). The van der Waals surface area contributed by atoms with Crippen molar-refractivity contribution in [2.45, 2.75) is 13.1 Å². The van der Waals surface area contributed by atoms with E-state index in [4.69, 9.17) is 10.5 Å². The SMILES string of the molecule is Cl.Cl.NCc1ccc(C(=O)Nc2ccccc2CN2CCOCC2)cc1. The zero-order valence-corrected chi connectivity index (χ0v) is 16.2. The first-order chi connectivity index (χ1) is 11.8. The highest BCUT2D eigenvalue weighted by atomic mass is 35.5. The molecule has 0 spiro atoms. The molecule has 7 heteroatoms. The number of ether oxygens (including phenoxy) is 1. The lowest BCUT2D eigenvalue weighted by molar-refractivity contribution is 0.0342. The van der Waals surface area contributed by atoms with Gasteiger partial charge in [0.15, 0.2) is 0 Å². The van der Waals surface area contributed by atoms with Crippen LogP contribution in [-0.2, 0) is 17.8 Å². The van der Waals surface area contributed by atoms with Crippen molar-refractivity contribution in [1.82, 2.24) is 4.90 Å². The molecule has 3 N–H and O–H groups in total. The Morgan fingerprint density at radius 3 is 2.35 bits per heavy atom. The Bertz CT molecular complexity index is 689. The number of benzene rings is 2. The number of anilines is 1. The number of morpholine rings is 1. The summed E-state index contributed by atoms with van der Waals surface area (Å²) in [4.78, 5) is 14.8. The monoisotopic (exact) mass is 397 g/mol. The van der Waals surface area contributed by atoms with Gasteiger partial charge in [0.05, 0.1) is 13.2 Å². The number of carbonyl (C=O) groups excluding carboxylic acids is 1. The molecule has 0 aromatic heterocycles. The third-order valence-electron chi connectivity index (χ3n) is 4.22. The van der Waals surface area contributed by atoms with Gasteiger partial charge in [-0.05, 0) is 29.3 Å². The summed E-state index contributed by atoms with van der Waals surface area (Å²) in [6, 6.07) is 15.3. The zero-order chi connectivity index (χ0) is 16.8. The number of nitrogens with one attached hydrogen (secondary N) is 1. The first-order valence-electron chi connectivity index (χ1n) is 8.24. The van der Waals surface area contributed by atoms with Crippen LogP contribution in [0.4, 0.5) is 5.69 Å². The average molecular weight is 398 g/mol. The summed E-state index contributed by atoms with van der Waals surface area (Å²) < 4.78 is 5.39. The summed E-state index contributed by atoms with van der Waals surface area (Å²) in [6.45, 7) is 4.66. The topological polar surface area (TPSA) is 67.6 Å². The van der Waals surface area contributed by atoms with Gasteiger partial charge in [-0.25, -0.2) is 0 Å². The Kier molecular flexibility index (Phi) is 9.62. The molecule has 1 aliphatic rings. The van der Waals surface area contributed by atoms with Crippen LogP contribution in [0.5, 0.6) is 0 Å². The van der Waals surface area contributed by atoms with Crippen LogP contribution in [0.2, 0.25) is 0 Å². The molecule has 1 saturated heterocycles. The van der Waals surface area contributed by atoms with Crippen molar-refractivity contribution in [3.05, 3.63) is 65.2 Å². The van der Waals surface area contributed by atoms with Crippen molar-refractivity contribution in [2.24, 2.45) is 5.73 Å². The fourth-order valence-electron chi connectivity index (χ4n) is 2.77. The van der Waals surface area contributed by atoms with E-state index >= 15 is 0 Å². The molecule has 142 valence electrons. The van der Waals surface area contributed by atoms with E-state index in [1.807, 2.05) is 42.5 Å². The summed E-state index contributed by atoms with van der Waals surface area (Å²) in [7, 11) is 0. The van der Waals surface area contributed by atoms with Crippen molar-refractivity contribution < 1.29 is 9.53 Å². The molecule has 0 unspecified atom stereocenters. The lowest BCUT2D eigenvalue weighted by atomic mass is 10.1. The fourth-order valence-corrected chi connectivity index (χ4v) is 2.77. The minimum atomic E-state index is -0.104. The highest BCUT2D eigenvalue weighted by Crippen LogP contribution is 2.19. The average Bonchev–Trinajstić information content (AvgIpc) is 2.64. The normalized spacial score (nSPS) is 14.0. The van der Waals surface area contributed by atoms with E-state index in [1.54, 1.807) is 0 Å². The second-order valence-corrected chi connectivity index (χ2v) is 5.90. The molecule has 0 saturated carbocycles. The van der Waals surface area contributed by atoms with Crippen LogP contribution in [0.3, 0.4) is 0 Å². The molecule has 0 bridgehead atoms. The van der Waals surface area contributed by atoms with Gasteiger partial charge in [0, 0.05) is 37.4 Å². The molecular weight excluding hydrogens is 373 g/mol. The maximum atomic E-state index is 12.5. The molecule has 2 aromatic rings. The zero-order valence-electron chi connectivity index (χ0n) is 14.5. The van der Waals surface area contributed by atoms with Gasteiger partial charge in [-0.2, -0.15) is 0 Å². The largest absolute Gasteiger partial charge is 0.379 e. The Labute approximate surface area is 166 Å². The summed E-state index contributed by atoms with van der Waals surface area (Å²) >= 11 is 0. The summed E-state index contributed by atoms with van der Waals surface area (Å²) in [5, 5.41) is 3.03. The van der Waals surface area contributed by atoms with E-state index in [9.17, 15) is 4.79 Å². The number of hydrogen-bond donors (Lipinski definition) is 2. The molecule has 1 amide bonds.